The van der Waals surface area contributed by atoms with E-state index in [0.29, 0.717) is 13.0 Å². The summed E-state index contributed by atoms with van der Waals surface area (Å²) in [4.78, 5) is 13.6. The van der Waals surface area contributed by atoms with Crippen LogP contribution >= 0.6 is 11.3 Å². The Morgan fingerprint density at radius 1 is 1.29 bits per heavy atom. The number of ketones is 1. The van der Waals surface area contributed by atoms with E-state index in [1.807, 2.05) is 18.2 Å². The van der Waals surface area contributed by atoms with Crippen molar-refractivity contribution in [3.05, 3.63) is 40.3 Å². The Kier molecular flexibility index (Phi) is 4.06. The first kappa shape index (κ1) is 14.3. The lowest BCUT2D eigenvalue weighted by Gasteiger charge is -2.17. The molecule has 0 bridgehead atoms. The Morgan fingerprint density at radius 3 is 2.86 bits per heavy atom. The van der Waals surface area contributed by atoms with Crippen molar-refractivity contribution >= 4 is 17.1 Å². The van der Waals surface area contributed by atoms with E-state index in [2.05, 4.69) is 6.07 Å². The third-order valence-corrected chi connectivity index (χ3v) is 5.00. The van der Waals surface area contributed by atoms with Crippen LogP contribution in [0.25, 0.3) is 10.4 Å². The molecule has 0 unspecified atom stereocenters. The molecular weight excluding hydrogens is 287 g/mol. The van der Waals surface area contributed by atoms with E-state index >= 15 is 0 Å². The fraction of sp³-hybridized carbons (Fsp3) is 0.353. The molecule has 1 aliphatic rings. The number of hydrogen-bond donors (Lipinski definition) is 0. The van der Waals surface area contributed by atoms with Gasteiger partial charge in [-0.05, 0) is 60.7 Å². The summed E-state index contributed by atoms with van der Waals surface area (Å²) in [6.07, 6.45) is 2.34. The lowest BCUT2D eigenvalue weighted by atomic mass is 9.91. The second-order valence-electron chi connectivity index (χ2n) is 5.23. The standard InChI is InChI=1S/C17H17FO2S/c1-11(19)16-10-13-4-3-12-9-14(20-8-2-7-18)5-6-15(12)17(13)21-16/h5-6,9-10H,2-4,7-8H2,1H3. The highest BCUT2D eigenvalue weighted by Crippen LogP contribution is 2.40. The fourth-order valence-electron chi connectivity index (χ4n) is 2.62. The molecule has 1 aromatic heterocycles. The molecule has 0 saturated carbocycles. The van der Waals surface area contributed by atoms with E-state index in [1.54, 1.807) is 18.3 Å². The molecule has 4 heteroatoms. The third kappa shape index (κ3) is 2.86. The number of fused-ring (bicyclic) bond motifs is 3. The highest BCUT2D eigenvalue weighted by molar-refractivity contribution is 7.17. The molecule has 0 N–H and O–H groups in total. The molecule has 0 spiro atoms. The molecule has 21 heavy (non-hydrogen) atoms. The topological polar surface area (TPSA) is 26.3 Å². The number of benzene rings is 1. The second kappa shape index (κ2) is 5.98. The van der Waals surface area contributed by atoms with Gasteiger partial charge in [0.1, 0.15) is 5.75 Å². The molecule has 1 aromatic carbocycles. The van der Waals surface area contributed by atoms with Crippen molar-refractivity contribution < 1.29 is 13.9 Å². The summed E-state index contributed by atoms with van der Waals surface area (Å²) in [6.45, 7) is 1.67. The molecular formula is C17H17FO2S. The van der Waals surface area contributed by atoms with Gasteiger partial charge >= 0.3 is 0 Å². The number of Topliss-reactive ketones (excluding diaryl/α,β-unsaturated/α-hetero) is 1. The van der Waals surface area contributed by atoms with Gasteiger partial charge in [0.05, 0.1) is 18.2 Å². The lowest BCUT2D eigenvalue weighted by Crippen LogP contribution is -2.03. The molecule has 0 aliphatic heterocycles. The maximum Gasteiger partial charge on any atom is 0.169 e. The Balaban J connectivity index is 1.89. The number of alkyl halides is 1. The van der Waals surface area contributed by atoms with Gasteiger partial charge in [0.15, 0.2) is 5.78 Å². The van der Waals surface area contributed by atoms with Crippen molar-refractivity contribution in [3.8, 4) is 16.2 Å². The average molecular weight is 304 g/mol. The summed E-state index contributed by atoms with van der Waals surface area (Å²) >= 11 is 1.57. The van der Waals surface area contributed by atoms with Gasteiger partial charge in [-0.25, -0.2) is 0 Å². The van der Waals surface area contributed by atoms with Crippen LogP contribution in [0.15, 0.2) is 24.3 Å². The molecule has 0 fully saturated rings. The maximum atomic E-state index is 12.1. The molecule has 1 aliphatic carbocycles. The van der Waals surface area contributed by atoms with Crippen molar-refractivity contribution in [2.75, 3.05) is 13.3 Å². The van der Waals surface area contributed by atoms with E-state index in [4.69, 9.17) is 4.74 Å². The summed E-state index contributed by atoms with van der Waals surface area (Å²) in [5.41, 5.74) is 3.72. The Labute approximate surface area is 127 Å². The number of rotatable bonds is 5. The van der Waals surface area contributed by atoms with Gasteiger partial charge in [0, 0.05) is 11.3 Å². The van der Waals surface area contributed by atoms with Crippen LogP contribution in [0.3, 0.4) is 0 Å². The first-order chi connectivity index (χ1) is 10.2. The molecule has 2 aromatic rings. The zero-order chi connectivity index (χ0) is 14.8. The Hall–Kier alpha value is -1.68. The average Bonchev–Trinajstić information content (AvgIpc) is 2.92. The highest BCUT2D eigenvalue weighted by atomic mass is 32.1. The fourth-order valence-corrected chi connectivity index (χ4v) is 3.78. The zero-order valence-corrected chi connectivity index (χ0v) is 12.8. The van der Waals surface area contributed by atoms with E-state index < -0.39 is 0 Å². The molecule has 3 rings (SSSR count). The van der Waals surface area contributed by atoms with Crippen LogP contribution in [0.1, 0.15) is 34.1 Å². The molecule has 110 valence electrons. The van der Waals surface area contributed by atoms with Gasteiger partial charge in [0.25, 0.3) is 0 Å². The van der Waals surface area contributed by atoms with Gasteiger partial charge in [0.2, 0.25) is 0 Å². The third-order valence-electron chi connectivity index (χ3n) is 3.69. The van der Waals surface area contributed by atoms with E-state index in [9.17, 15) is 9.18 Å². The van der Waals surface area contributed by atoms with Crippen LogP contribution in [0.2, 0.25) is 0 Å². The summed E-state index contributed by atoms with van der Waals surface area (Å²) < 4.78 is 17.6. The predicted octanol–water partition coefficient (Wildman–Crippen LogP) is 4.45. The second-order valence-corrected chi connectivity index (χ2v) is 6.28. The van der Waals surface area contributed by atoms with E-state index in [0.717, 1.165) is 23.5 Å². The van der Waals surface area contributed by atoms with Gasteiger partial charge < -0.3 is 4.74 Å². The molecule has 0 saturated heterocycles. The van der Waals surface area contributed by atoms with Crippen LogP contribution in [-0.4, -0.2) is 19.1 Å². The number of thiophene rings is 1. The van der Waals surface area contributed by atoms with Gasteiger partial charge in [-0.15, -0.1) is 11.3 Å². The highest BCUT2D eigenvalue weighted by Gasteiger charge is 2.20. The van der Waals surface area contributed by atoms with E-state index in [1.165, 1.54) is 21.6 Å². The molecule has 0 atom stereocenters. The van der Waals surface area contributed by atoms with Crippen LogP contribution in [0.5, 0.6) is 5.75 Å². The van der Waals surface area contributed by atoms with Crippen LogP contribution < -0.4 is 4.74 Å². The minimum atomic E-state index is -0.350. The predicted molar refractivity (Wildman–Crippen MR) is 83.3 cm³/mol. The number of aryl methyl sites for hydroxylation is 2. The van der Waals surface area contributed by atoms with Crippen molar-refractivity contribution in [1.29, 1.82) is 0 Å². The van der Waals surface area contributed by atoms with E-state index in [-0.39, 0.29) is 12.5 Å². The van der Waals surface area contributed by atoms with Crippen LogP contribution in [0, 0.1) is 0 Å². The van der Waals surface area contributed by atoms with Gasteiger partial charge in [-0.3, -0.25) is 9.18 Å². The SMILES string of the molecule is CC(=O)c1cc2c(s1)-c1ccc(OCCCF)cc1CC2. The quantitative estimate of drug-likeness (QED) is 0.602. The zero-order valence-electron chi connectivity index (χ0n) is 11.9. The summed E-state index contributed by atoms with van der Waals surface area (Å²) in [5, 5.41) is 0. The smallest absolute Gasteiger partial charge is 0.169 e. The van der Waals surface area contributed by atoms with Gasteiger partial charge in [-0.1, -0.05) is 0 Å². The molecule has 1 heterocycles. The van der Waals surface area contributed by atoms with Crippen LogP contribution in [-0.2, 0) is 12.8 Å². The first-order valence-electron chi connectivity index (χ1n) is 7.14. The minimum Gasteiger partial charge on any atom is -0.493 e. The molecule has 0 radical (unpaired) electrons. The van der Waals surface area contributed by atoms with Crippen molar-refractivity contribution in [1.82, 2.24) is 0 Å². The Morgan fingerprint density at radius 2 is 2.10 bits per heavy atom. The summed E-state index contributed by atoms with van der Waals surface area (Å²) in [7, 11) is 0. The molecule has 2 nitrogen and oxygen atoms in total. The minimum absolute atomic E-state index is 0.127. The van der Waals surface area contributed by atoms with Crippen molar-refractivity contribution in [2.24, 2.45) is 0 Å². The molecule has 0 amide bonds. The van der Waals surface area contributed by atoms with Gasteiger partial charge in [-0.2, -0.15) is 0 Å². The number of carbonyl (C=O) groups excluding carboxylic acids is 1. The Bertz CT molecular complexity index is 675. The number of halogens is 1. The lowest BCUT2D eigenvalue weighted by molar-refractivity contribution is 0.102. The monoisotopic (exact) mass is 304 g/mol. The number of hydrogen-bond acceptors (Lipinski definition) is 3. The summed E-state index contributed by atoms with van der Waals surface area (Å²) in [6, 6.07) is 8.05. The normalized spacial score (nSPS) is 12.7. The first-order valence-corrected chi connectivity index (χ1v) is 7.96. The van der Waals surface area contributed by atoms with Crippen molar-refractivity contribution in [3.63, 3.8) is 0 Å². The maximum absolute atomic E-state index is 12.1. The number of carbonyl (C=O) groups is 1. The van der Waals surface area contributed by atoms with Crippen molar-refractivity contribution in [2.45, 2.75) is 26.2 Å². The number of ether oxygens (including phenoxy) is 1. The largest absolute Gasteiger partial charge is 0.493 e. The van der Waals surface area contributed by atoms with Crippen LogP contribution in [0.4, 0.5) is 4.39 Å². The summed E-state index contributed by atoms with van der Waals surface area (Å²) in [5.74, 6) is 0.927.